The summed E-state index contributed by atoms with van der Waals surface area (Å²) >= 11 is 0. The molecule has 13 heteroatoms. The fourth-order valence-corrected chi connectivity index (χ4v) is 4.10. The fourth-order valence-electron chi connectivity index (χ4n) is 4.10. The lowest BCUT2D eigenvalue weighted by Gasteiger charge is -2.20. The van der Waals surface area contributed by atoms with E-state index in [1.807, 2.05) is 24.3 Å². The zero-order chi connectivity index (χ0) is 29.7. The number of aliphatic imine (C=N–C) groups is 1. The maximum absolute atomic E-state index is 13.7. The standard InChI is InChI=1S/C27H24F3N3O2.H2O4S/c1-3-32(4-2)19-15-13-18(14-16-19)31-17-22-20-9-5-6-10-21(20)25(34)33(26(22)35)24-12-8-7-11-23(24)27(28,29)30;1-5(2,3)4/h5-17,35H,3-4H2,1-2H3;(H2,1,2,3,4). The molecule has 0 saturated carbocycles. The van der Waals surface area contributed by atoms with Crippen molar-refractivity contribution in [1.29, 1.82) is 0 Å². The van der Waals surface area contributed by atoms with Crippen LogP contribution in [0.3, 0.4) is 0 Å². The Balaban J connectivity index is 0.000000810. The van der Waals surface area contributed by atoms with Crippen LogP contribution in [0.2, 0.25) is 0 Å². The smallest absolute Gasteiger partial charge is 0.418 e. The van der Waals surface area contributed by atoms with Gasteiger partial charge in [0, 0.05) is 35.8 Å². The van der Waals surface area contributed by atoms with E-state index in [4.69, 9.17) is 17.5 Å². The van der Waals surface area contributed by atoms with Crippen LogP contribution in [0.25, 0.3) is 16.5 Å². The predicted molar refractivity (Wildman–Crippen MR) is 148 cm³/mol. The summed E-state index contributed by atoms with van der Waals surface area (Å²) in [4.78, 5) is 19.8. The molecule has 0 fully saturated rings. The molecule has 4 rings (SSSR count). The highest BCUT2D eigenvalue weighted by molar-refractivity contribution is 7.79. The second kappa shape index (κ2) is 12.3. The molecular weight excluding hydrogens is 551 g/mol. The van der Waals surface area contributed by atoms with Crippen LogP contribution >= 0.6 is 0 Å². The molecule has 0 aliphatic rings. The molecule has 1 aromatic heterocycles. The molecule has 0 amide bonds. The molecule has 0 atom stereocenters. The Labute approximate surface area is 228 Å². The Morgan fingerprint density at radius 3 is 1.98 bits per heavy atom. The first-order valence-corrected chi connectivity index (χ1v) is 13.3. The van der Waals surface area contributed by atoms with Gasteiger partial charge in [-0.15, -0.1) is 0 Å². The number of pyridine rings is 1. The summed E-state index contributed by atoms with van der Waals surface area (Å²) in [5.41, 5.74) is -0.452. The molecule has 40 heavy (non-hydrogen) atoms. The number of aromatic hydroxyl groups is 1. The highest BCUT2D eigenvalue weighted by Crippen LogP contribution is 2.36. The number of nitrogens with zero attached hydrogens (tertiary/aromatic N) is 3. The van der Waals surface area contributed by atoms with Crippen molar-refractivity contribution in [3.05, 3.63) is 94.3 Å². The Morgan fingerprint density at radius 2 is 1.43 bits per heavy atom. The lowest BCUT2D eigenvalue weighted by atomic mass is 10.1. The van der Waals surface area contributed by atoms with Crippen molar-refractivity contribution >= 4 is 38.8 Å². The maximum atomic E-state index is 13.7. The van der Waals surface area contributed by atoms with Crippen molar-refractivity contribution in [3.63, 3.8) is 0 Å². The fraction of sp³-hybridized carbons (Fsp3) is 0.185. The number of halogens is 3. The van der Waals surface area contributed by atoms with Crippen LogP contribution in [-0.2, 0) is 16.6 Å². The molecule has 4 aromatic rings. The van der Waals surface area contributed by atoms with Crippen molar-refractivity contribution in [2.45, 2.75) is 20.0 Å². The van der Waals surface area contributed by atoms with Gasteiger partial charge >= 0.3 is 16.6 Å². The molecular formula is C27H26F3N3O6S. The summed E-state index contributed by atoms with van der Waals surface area (Å²) in [6.45, 7) is 5.85. The van der Waals surface area contributed by atoms with E-state index in [0.717, 1.165) is 30.9 Å². The zero-order valence-electron chi connectivity index (χ0n) is 21.4. The van der Waals surface area contributed by atoms with Crippen LogP contribution < -0.4 is 10.5 Å². The quantitative estimate of drug-likeness (QED) is 0.199. The first-order chi connectivity index (χ1) is 18.8. The van der Waals surface area contributed by atoms with Gasteiger partial charge in [-0.3, -0.25) is 18.9 Å². The van der Waals surface area contributed by atoms with E-state index in [1.165, 1.54) is 24.4 Å². The Hall–Kier alpha value is -4.20. The minimum Gasteiger partial charge on any atom is -0.494 e. The second-order valence-electron chi connectivity index (χ2n) is 8.33. The zero-order valence-corrected chi connectivity index (χ0v) is 22.2. The summed E-state index contributed by atoms with van der Waals surface area (Å²) < 4.78 is 73.4. The molecule has 9 nitrogen and oxygen atoms in total. The van der Waals surface area contributed by atoms with Gasteiger partial charge < -0.3 is 10.0 Å². The van der Waals surface area contributed by atoms with Crippen molar-refractivity contribution < 1.29 is 35.8 Å². The largest absolute Gasteiger partial charge is 0.494 e. The van der Waals surface area contributed by atoms with Crippen molar-refractivity contribution in [1.82, 2.24) is 4.57 Å². The van der Waals surface area contributed by atoms with Gasteiger partial charge in [0.1, 0.15) is 0 Å². The molecule has 0 aliphatic carbocycles. The number of para-hydroxylation sites is 1. The molecule has 0 aliphatic heterocycles. The van der Waals surface area contributed by atoms with Gasteiger partial charge in [-0.25, -0.2) is 4.57 Å². The van der Waals surface area contributed by atoms with Gasteiger partial charge in [0.05, 0.1) is 22.5 Å². The molecule has 0 unspecified atom stereocenters. The predicted octanol–water partition coefficient (Wildman–Crippen LogP) is 5.66. The number of anilines is 1. The normalized spacial score (nSPS) is 11.9. The second-order valence-corrected chi connectivity index (χ2v) is 9.23. The average molecular weight is 578 g/mol. The lowest BCUT2D eigenvalue weighted by Crippen LogP contribution is -2.23. The Morgan fingerprint density at radius 1 is 0.900 bits per heavy atom. The Bertz CT molecular complexity index is 1670. The van der Waals surface area contributed by atoms with Crippen LogP contribution in [0.5, 0.6) is 5.88 Å². The molecule has 212 valence electrons. The van der Waals surface area contributed by atoms with Gasteiger partial charge in [-0.1, -0.05) is 30.3 Å². The molecule has 0 spiro atoms. The highest BCUT2D eigenvalue weighted by atomic mass is 32.3. The third-order valence-electron chi connectivity index (χ3n) is 5.87. The van der Waals surface area contributed by atoms with Crippen LogP contribution in [0.15, 0.2) is 82.6 Å². The monoisotopic (exact) mass is 577 g/mol. The molecule has 0 radical (unpaired) electrons. The number of hydrogen-bond acceptors (Lipinski definition) is 6. The van der Waals surface area contributed by atoms with Crippen molar-refractivity contribution in [2.75, 3.05) is 18.0 Å². The van der Waals surface area contributed by atoms with Gasteiger partial charge in [0.15, 0.2) is 0 Å². The van der Waals surface area contributed by atoms with Crippen LogP contribution in [-0.4, -0.2) is 46.5 Å². The van der Waals surface area contributed by atoms with Crippen molar-refractivity contribution in [3.8, 4) is 11.6 Å². The number of hydrogen-bond donors (Lipinski definition) is 3. The SMILES string of the molecule is CCN(CC)c1ccc(N=Cc2c(O)n(-c3ccccc3C(F)(F)F)c(=O)c3ccccc23)cc1.O=S(=O)(O)O. The molecule has 3 aromatic carbocycles. The van der Waals surface area contributed by atoms with Crippen LogP contribution in [0.1, 0.15) is 25.0 Å². The first-order valence-electron chi connectivity index (χ1n) is 11.9. The van der Waals surface area contributed by atoms with Gasteiger partial charge in [-0.2, -0.15) is 21.6 Å². The number of rotatable bonds is 6. The highest BCUT2D eigenvalue weighted by Gasteiger charge is 2.34. The minimum atomic E-state index is -4.71. The molecule has 0 bridgehead atoms. The summed E-state index contributed by atoms with van der Waals surface area (Å²) in [5.74, 6) is -0.617. The van der Waals surface area contributed by atoms with E-state index in [1.54, 1.807) is 18.2 Å². The molecule has 1 heterocycles. The van der Waals surface area contributed by atoms with E-state index in [-0.39, 0.29) is 10.9 Å². The van der Waals surface area contributed by atoms with E-state index >= 15 is 0 Å². The van der Waals surface area contributed by atoms with Crippen molar-refractivity contribution in [2.24, 2.45) is 4.99 Å². The first kappa shape index (κ1) is 30.3. The minimum absolute atomic E-state index is 0.144. The Kier molecular flexibility index (Phi) is 9.35. The number of fused-ring (bicyclic) bond motifs is 1. The number of aromatic nitrogens is 1. The summed E-state index contributed by atoms with van der Waals surface area (Å²) in [7, 11) is -4.67. The van der Waals surface area contributed by atoms with Crippen LogP contribution in [0.4, 0.5) is 24.5 Å². The van der Waals surface area contributed by atoms with E-state index < -0.39 is 39.3 Å². The molecule has 0 saturated heterocycles. The topological polar surface area (TPSA) is 132 Å². The van der Waals surface area contributed by atoms with Crippen LogP contribution in [0, 0.1) is 0 Å². The summed E-state index contributed by atoms with van der Waals surface area (Å²) in [5, 5.41) is 11.6. The van der Waals surface area contributed by atoms with Gasteiger partial charge in [-0.05, 0) is 56.3 Å². The summed E-state index contributed by atoms with van der Waals surface area (Å²) in [6, 6.07) is 18.6. The van der Waals surface area contributed by atoms with E-state index in [9.17, 15) is 23.1 Å². The number of alkyl halides is 3. The van der Waals surface area contributed by atoms with E-state index in [2.05, 4.69) is 23.7 Å². The average Bonchev–Trinajstić information content (AvgIpc) is 2.89. The third kappa shape index (κ3) is 7.25. The lowest BCUT2D eigenvalue weighted by molar-refractivity contribution is -0.137. The third-order valence-corrected chi connectivity index (χ3v) is 5.87. The maximum Gasteiger partial charge on any atom is 0.418 e. The number of benzene rings is 3. The summed E-state index contributed by atoms with van der Waals surface area (Å²) in [6.07, 6.45) is -3.34. The van der Waals surface area contributed by atoms with Gasteiger partial charge in [0.2, 0.25) is 5.88 Å². The molecule has 3 N–H and O–H groups in total. The van der Waals surface area contributed by atoms with Gasteiger partial charge in [0.25, 0.3) is 5.56 Å². The van der Waals surface area contributed by atoms with E-state index in [0.29, 0.717) is 15.6 Å².